The zero-order valence-electron chi connectivity index (χ0n) is 9.77. The quantitative estimate of drug-likeness (QED) is 0.276. The fourth-order valence-corrected chi connectivity index (χ4v) is 1.20. The van der Waals surface area contributed by atoms with Crippen molar-refractivity contribution in [2.75, 3.05) is 23.9 Å². The summed E-state index contributed by atoms with van der Waals surface area (Å²) in [6.07, 6.45) is 4.18. The summed E-state index contributed by atoms with van der Waals surface area (Å²) in [6.45, 7) is 2.83. The molecule has 0 saturated carbocycles. The Morgan fingerprint density at radius 3 is 2.94 bits per heavy atom. The molecule has 17 heavy (non-hydrogen) atoms. The first-order chi connectivity index (χ1) is 8.26. The molecule has 0 aliphatic carbocycles. The Hall–Kier alpha value is -1.89. The number of ether oxygens (including phenoxy) is 1. The van der Waals surface area contributed by atoms with Gasteiger partial charge in [-0.05, 0) is 13.3 Å². The molecule has 1 aromatic rings. The molecule has 94 valence electrons. The smallest absolute Gasteiger partial charge is 0.305 e. The number of anilines is 2. The second-order valence-corrected chi connectivity index (χ2v) is 3.27. The zero-order chi connectivity index (χ0) is 12.5. The van der Waals surface area contributed by atoms with E-state index in [1.54, 1.807) is 13.1 Å². The van der Waals surface area contributed by atoms with E-state index >= 15 is 0 Å². The van der Waals surface area contributed by atoms with Crippen LogP contribution in [0.3, 0.4) is 0 Å². The lowest BCUT2D eigenvalue weighted by atomic mass is 10.3. The number of esters is 1. The van der Waals surface area contributed by atoms with Crippen LogP contribution in [0.5, 0.6) is 0 Å². The minimum absolute atomic E-state index is 0.183. The summed E-state index contributed by atoms with van der Waals surface area (Å²) in [6, 6.07) is 0. The molecule has 7 heteroatoms. The Morgan fingerprint density at radius 1 is 1.47 bits per heavy atom. The number of aromatic nitrogens is 2. The van der Waals surface area contributed by atoms with Crippen LogP contribution in [0, 0.1) is 0 Å². The number of nitrogen functional groups attached to an aromatic ring is 1. The van der Waals surface area contributed by atoms with E-state index < -0.39 is 0 Å². The van der Waals surface area contributed by atoms with Crippen LogP contribution in [0.15, 0.2) is 12.4 Å². The molecule has 4 N–H and O–H groups in total. The van der Waals surface area contributed by atoms with Crippen molar-refractivity contribution in [3.05, 3.63) is 12.4 Å². The molecule has 0 bridgehead atoms. The molecule has 0 unspecified atom stereocenters. The third-order valence-corrected chi connectivity index (χ3v) is 1.95. The van der Waals surface area contributed by atoms with Crippen LogP contribution in [-0.2, 0) is 9.53 Å². The van der Waals surface area contributed by atoms with Gasteiger partial charge in [-0.15, -0.1) is 0 Å². The molecule has 0 amide bonds. The average molecular weight is 239 g/mol. The standard InChI is InChI=1S/C10H17N5O2/c1-2-17-10(16)4-3-5-13-8-6-12-7-9(14-8)15-11/h6-7H,2-5,11H2,1H3,(H2,13,14,15). The fourth-order valence-electron chi connectivity index (χ4n) is 1.20. The summed E-state index contributed by atoms with van der Waals surface area (Å²) >= 11 is 0. The van der Waals surface area contributed by atoms with Gasteiger partial charge in [-0.2, -0.15) is 0 Å². The van der Waals surface area contributed by atoms with Crippen molar-refractivity contribution >= 4 is 17.6 Å². The van der Waals surface area contributed by atoms with Crippen LogP contribution in [0.2, 0.25) is 0 Å². The Bertz CT molecular complexity index is 358. The maximum atomic E-state index is 11.1. The highest BCUT2D eigenvalue weighted by molar-refractivity contribution is 5.69. The second kappa shape index (κ2) is 7.39. The van der Waals surface area contributed by atoms with Crippen molar-refractivity contribution in [1.29, 1.82) is 0 Å². The van der Waals surface area contributed by atoms with Gasteiger partial charge in [0.25, 0.3) is 0 Å². The Labute approximate surface area is 99.7 Å². The van der Waals surface area contributed by atoms with Crippen molar-refractivity contribution in [1.82, 2.24) is 9.97 Å². The van der Waals surface area contributed by atoms with Gasteiger partial charge in [-0.3, -0.25) is 9.78 Å². The van der Waals surface area contributed by atoms with E-state index in [9.17, 15) is 4.79 Å². The first-order valence-corrected chi connectivity index (χ1v) is 5.44. The van der Waals surface area contributed by atoms with Crippen LogP contribution in [0.25, 0.3) is 0 Å². The molecule has 0 aliphatic heterocycles. The van der Waals surface area contributed by atoms with Crippen LogP contribution in [0.1, 0.15) is 19.8 Å². The van der Waals surface area contributed by atoms with Crippen molar-refractivity contribution in [2.24, 2.45) is 5.84 Å². The third-order valence-electron chi connectivity index (χ3n) is 1.95. The maximum absolute atomic E-state index is 11.1. The largest absolute Gasteiger partial charge is 0.466 e. The van der Waals surface area contributed by atoms with E-state index in [2.05, 4.69) is 20.7 Å². The number of nitrogens with one attached hydrogen (secondary N) is 2. The molecular formula is C10H17N5O2. The van der Waals surface area contributed by atoms with E-state index in [1.807, 2.05) is 0 Å². The van der Waals surface area contributed by atoms with Crippen LogP contribution >= 0.6 is 0 Å². The van der Waals surface area contributed by atoms with E-state index in [0.29, 0.717) is 37.6 Å². The van der Waals surface area contributed by atoms with Gasteiger partial charge in [0.1, 0.15) is 5.82 Å². The monoisotopic (exact) mass is 239 g/mol. The van der Waals surface area contributed by atoms with Gasteiger partial charge in [0, 0.05) is 13.0 Å². The number of hydrogen-bond acceptors (Lipinski definition) is 7. The molecule has 0 atom stereocenters. The average Bonchev–Trinajstić information content (AvgIpc) is 2.35. The lowest BCUT2D eigenvalue weighted by molar-refractivity contribution is -0.143. The summed E-state index contributed by atoms with van der Waals surface area (Å²) in [5.74, 6) is 6.12. The second-order valence-electron chi connectivity index (χ2n) is 3.27. The highest BCUT2D eigenvalue weighted by atomic mass is 16.5. The summed E-state index contributed by atoms with van der Waals surface area (Å²) < 4.78 is 4.81. The van der Waals surface area contributed by atoms with Gasteiger partial charge in [-0.1, -0.05) is 0 Å². The molecule has 0 aromatic carbocycles. The van der Waals surface area contributed by atoms with Crippen molar-refractivity contribution in [2.45, 2.75) is 19.8 Å². The predicted octanol–water partition coefficient (Wildman–Crippen LogP) is 0.517. The van der Waals surface area contributed by atoms with E-state index in [0.717, 1.165) is 0 Å². The van der Waals surface area contributed by atoms with Crippen LogP contribution in [0.4, 0.5) is 11.6 Å². The Balaban J connectivity index is 2.24. The highest BCUT2D eigenvalue weighted by Crippen LogP contribution is 2.05. The normalized spacial score (nSPS) is 9.76. The number of carbonyl (C=O) groups excluding carboxylic acids is 1. The van der Waals surface area contributed by atoms with Crippen molar-refractivity contribution in [3.63, 3.8) is 0 Å². The summed E-state index contributed by atoms with van der Waals surface area (Å²) in [5, 5.41) is 3.04. The zero-order valence-corrected chi connectivity index (χ0v) is 9.77. The molecule has 7 nitrogen and oxygen atoms in total. The molecule has 1 rings (SSSR count). The number of hydrogen-bond donors (Lipinski definition) is 3. The van der Waals surface area contributed by atoms with E-state index in [4.69, 9.17) is 10.6 Å². The van der Waals surface area contributed by atoms with Gasteiger partial charge >= 0.3 is 5.97 Å². The SMILES string of the molecule is CCOC(=O)CCCNc1cncc(NN)n1. The number of hydrazine groups is 1. The van der Waals surface area contributed by atoms with E-state index in [1.165, 1.54) is 6.20 Å². The van der Waals surface area contributed by atoms with Crippen molar-refractivity contribution < 1.29 is 9.53 Å². The minimum atomic E-state index is -0.183. The fraction of sp³-hybridized carbons (Fsp3) is 0.500. The molecule has 1 aromatic heterocycles. The first-order valence-electron chi connectivity index (χ1n) is 5.44. The summed E-state index contributed by atoms with van der Waals surface area (Å²) in [7, 11) is 0. The van der Waals surface area contributed by atoms with Gasteiger partial charge in [-0.25, -0.2) is 10.8 Å². The number of carbonyl (C=O) groups is 1. The minimum Gasteiger partial charge on any atom is -0.466 e. The Morgan fingerprint density at radius 2 is 2.24 bits per heavy atom. The van der Waals surface area contributed by atoms with E-state index in [-0.39, 0.29) is 5.97 Å². The van der Waals surface area contributed by atoms with Gasteiger partial charge in [0.15, 0.2) is 5.82 Å². The summed E-state index contributed by atoms with van der Waals surface area (Å²) in [4.78, 5) is 19.1. The molecular weight excluding hydrogens is 222 g/mol. The molecule has 0 aliphatic rings. The number of nitrogens with zero attached hydrogens (tertiary/aromatic N) is 2. The first kappa shape index (κ1) is 13.2. The van der Waals surface area contributed by atoms with Crippen molar-refractivity contribution in [3.8, 4) is 0 Å². The maximum Gasteiger partial charge on any atom is 0.305 e. The highest BCUT2D eigenvalue weighted by Gasteiger charge is 2.01. The van der Waals surface area contributed by atoms with Crippen LogP contribution < -0.4 is 16.6 Å². The molecule has 1 heterocycles. The molecule has 0 radical (unpaired) electrons. The Kier molecular flexibility index (Phi) is 5.73. The molecule has 0 spiro atoms. The van der Waals surface area contributed by atoms with Crippen LogP contribution in [-0.4, -0.2) is 29.1 Å². The lowest BCUT2D eigenvalue weighted by Gasteiger charge is -2.06. The number of rotatable bonds is 7. The van der Waals surface area contributed by atoms with Gasteiger partial charge in [0.05, 0.1) is 19.0 Å². The van der Waals surface area contributed by atoms with Gasteiger partial charge in [0.2, 0.25) is 0 Å². The lowest BCUT2D eigenvalue weighted by Crippen LogP contribution is -2.12. The molecule has 0 fully saturated rings. The topological polar surface area (TPSA) is 102 Å². The third kappa shape index (κ3) is 5.12. The van der Waals surface area contributed by atoms with Gasteiger partial charge < -0.3 is 15.5 Å². The summed E-state index contributed by atoms with van der Waals surface area (Å²) in [5.41, 5.74) is 2.41. The molecule has 0 saturated heterocycles. The predicted molar refractivity (Wildman–Crippen MR) is 64.2 cm³/mol. The number of nitrogens with two attached hydrogens (primary N) is 1.